The second-order valence-electron chi connectivity index (χ2n) is 5.61. The van der Waals surface area contributed by atoms with Gasteiger partial charge in [0.25, 0.3) is 5.91 Å². The number of carbonyl (C=O) groups is 2. The Hall–Kier alpha value is -2.61. The summed E-state index contributed by atoms with van der Waals surface area (Å²) in [5, 5.41) is 1.46. The van der Waals surface area contributed by atoms with Crippen LogP contribution in [0.4, 0.5) is 0 Å². The van der Waals surface area contributed by atoms with Gasteiger partial charge in [-0.15, -0.1) is 0 Å². The van der Waals surface area contributed by atoms with E-state index in [2.05, 4.69) is 9.97 Å². The normalized spacial score (nSPS) is 12.3. The first-order valence-electron chi connectivity index (χ1n) is 7.63. The van der Waals surface area contributed by atoms with Crippen LogP contribution in [0, 0.1) is 0 Å². The summed E-state index contributed by atoms with van der Waals surface area (Å²) < 4.78 is 10.9. The van der Waals surface area contributed by atoms with Gasteiger partial charge in [0, 0.05) is 19.5 Å². The summed E-state index contributed by atoms with van der Waals surface area (Å²) in [6, 6.07) is 7.57. The number of hydrogen-bond donors (Lipinski definition) is 0. The zero-order valence-electron chi connectivity index (χ0n) is 14.1. The molecule has 8 heteroatoms. The highest BCUT2D eigenvalue weighted by Gasteiger charge is 2.20. The van der Waals surface area contributed by atoms with Crippen LogP contribution in [0.2, 0.25) is 0 Å². The number of benzene rings is 1. The number of likely N-dealkylation sites (N-methyl/N-ethyl adjacent to an activating group) is 1. The Morgan fingerprint density at radius 1 is 1.28 bits per heavy atom. The highest BCUT2D eigenvalue weighted by atomic mass is 32.2. The molecule has 0 unspecified atom stereocenters. The lowest BCUT2D eigenvalue weighted by molar-refractivity contribution is -0.155. The molecular weight excluding hydrogens is 342 g/mol. The van der Waals surface area contributed by atoms with Gasteiger partial charge in [-0.3, -0.25) is 9.59 Å². The number of ether oxygens (including phenoxy) is 1. The lowest BCUT2D eigenvalue weighted by Gasteiger charge is -2.16. The molecule has 0 N–H and O–H groups in total. The summed E-state index contributed by atoms with van der Waals surface area (Å²) in [5.74, 6) is -0.732. The van der Waals surface area contributed by atoms with Crippen LogP contribution in [0.15, 0.2) is 40.0 Å². The van der Waals surface area contributed by atoms with Gasteiger partial charge in [-0.1, -0.05) is 23.9 Å². The molecule has 2 aromatic heterocycles. The van der Waals surface area contributed by atoms with Crippen LogP contribution in [-0.2, 0) is 14.3 Å². The van der Waals surface area contributed by atoms with Gasteiger partial charge in [0.1, 0.15) is 22.5 Å². The molecule has 3 aromatic rings. The molecule has 0 radical (unpaired) electrons. The van der Waals surface area contributed by atoms with Gasteiger partial charge in [-0.25, -0.2) is 9.97 Å². The maximum absolute atomic E-state index is 12.0. The Labute approximate surface area is 148 Å². The van der Waals surface area contributed by atoms with E-state index < -0.39 is 12.1 Å². The number of nitrogens with zero attached hydrogens (tertiary/aromatic N) is 3. The van der Waals surface area contributed by atoms with Gasteiger partial charge < -0.3 is 14.1 Å². The van der Waals surface area contributed by atoms with E-state index >= 15 is 0 Å². The average molecular weight is 359 g/mol. The zero-order chi connectivity index (χ0) is 18.0. The smallest absolute Gasteiger partial charge is 0.317 e. The molecular formula is C17H17N3O4S. The van der Waals surface area contributed by atoms with E-state index in [0.29, 0.717) is 21.7 Å². The van der Waals surface area contributed by atoms with E-state index in [1.807, 2.05) is 24.3 Å². The molecule has 25 heavy (non-hydrogen) atoms. The number of aromatic nitrogens is 2. The van der Waals surface area contributed by atoms with E-state index in [1.165, 1.54) is 23.0 Å². The standard InChI is InChI=1S/C17H17N3O4S/c1-10(17(22)20(2)3)23-13(21)8-25-16-15-14(18-9-19-16)11-6-4-5-7-12(11)24-15/h4-7,9-10H,8H2,1-3H3/t10-/m1/s1. The number of para-hydroxylation sites is 1. The van der Waals surface area contributed by atoms with Crippen molar-refractivity contribution < 1.29 is 18.7 Å². The summed E-state index contributed by atoms with van der Waals surface area (Å²) in [6.07, 6.45) is 0.621. The molecule has 0 aliphatic carbocycles. The van der Waals surface area contributed by atoms with E-state index in [-0.39, 0.29) is 11.7 Å². The largest absolute Gasteiger partial charge is 0.452 e. The molecule has 0 saturated carbocycles. The van der Waals surface area contributed by atoms with Crippen molar-refractivity contribution in [2.45, 2.75) is 18.1 Å². The van der Waals surface area contributed by atoms with Crippen molar-refractivity contribution in [2.75, 3.05) is 19.8 Å². The average Bonchev–Trinajstić information content (AvgIpc) is 2.98. The van der Waals surface area contributed by atoms with Crippen molar-refractivity contribution in [3.8, 4) is 0 Å². The number of carbonyl (C=O) groups excluding carboxylic acids is 2. The molecule has 0 saturated heterocycles. The summed E-state index contributed by atoms with van der Waals surface area (Å²) in [6.45, 7) is 1.55. The molecule has 1 atom stereocenters. The topological polar surface area (TPSA) is 85.5 Å². The van der Waals surface area contributed by atoms with Crippen molar-refractivity contribution in [3.05, 3.63) is 30.6 Å². The number of rotatable bonds is 5. The Bertz CT molecular complexity index is 938. The molecule has 130 valence electrons. The van der Waals surface area contributed by atoms with Crippen LogP contribution in [0.3, 0.4) is 0 Å². The SMILES string of the molecule is C[C@@H](OC(=O)CSc1ncnc2c1oc1ccccc12)C(=O)N(C)C. The fourth-order valence-corrected chi connectivity index (χ4v) is 3.09. The van der Waals surface area contributed by atoms with Crippen molar-refractivity contribution in [1.29, 1.82) is 0 Å². The minimum absolute atomic E-state index is 0.0220. The van der Waals surface area contributed by atoms with Gasteiger partial charge in [0.05, 0.1) is 5.75 Å². The first kappa shape index (κ1) is 17.2. The van der Waals surface area contributed by atoms with Gasteiger partial charge in [-0.2, -0.15) is 0 Å². The maximum Gasteiger partial charge on any atom is 0.317 e. The lowest BCUT2D eigenvalue weighted by atomic mass is 10.2. The third-order valence-corrected chi connectivity index (χ3v) is 4.49. The van der Waals surface area contributed by atoms with E-state index in [9.17, 15) is 9.59 Å². The number of hydrogen-bond acceptors (Lipinski definition) is 7. The predicted molar refractivity (Wildman–Crippen MR) is 94.3 cm³/mol. The monoisotopic (exact) mass is 359 g/mol. The number of amides is 1. The molecule has 1 aromatic carbocycles. The third-order valence-electron chi connectivity index (χ3n) is 3.55. The zero-order valence-corrected chi connectivity index (χ0v) is 14.9. The molecule has 1 amide bonds. The highest BCUT2D eigenvalue weighted by Crippen LogP contribution is 2.32. The number of furan rings is 1. The third kappa shape index (κ3) is 3.58. The summed E-state index contributed by atoms with van der Waals surface area (Å²) in [5.41, 5.74) is 1.96. The first-order valence-corrected chi connectivity index (χ1v) is 8.61. The first-order chi connectivity index (χ1) is 12.0. The molecule has 0 fully saturated rings. The van der Waals surface area contributed by atoms with Gasteiger partial charge in [0.15, 0.2) is 11.7 Å². The van der Waals surface area contributed by atoms with Crippen molar-refractivity contribution in [1.82, 2.24) is 14.9 Å². The second-order valence-corrected chi connectivity index (χ2v) is 6.57. The van der Waals surface area contributed by atoms with Crippen LogP contribution < -0.4 is 0 Å². The molecule has 0 aliphatic rings. The minimum Gasteiger partial charge on any atom is -0.452 e. The van der Waals surface area contributed by atoms with Crippen LogP contribution in [0.25, 0.3) is 22.1 Å². The molecule has 2 heterocycles. The van der Waals surface area contributed by atoms with Crippen molar-refractivity contribution in [2.24, 2.45) is 0 Å². The summed E-state index contributed by atoms with van der Waals surface area (Å²) >= 11 is 1.19. The Balaban J connectivity index is 1.73. The predicted octanol–water partition coefficient (Wildman–Crippen LogP) is 2.49. The molecule has 0 bridgehead atoms. The van der Waals surface area contributed by atoms with E-state index in [1.54, 1.807) is 21.0 Å². The van der Waals surface area contributed by atoms with E-state index in [4.69, 9.17) is 9.15 Å². The van der Waals surface area contributed by atoms with Crippen LogP contribution in [0.1, 0.15) is 6.92 Å². The fourth-order valence-electron chi connectivity index (χ4n) is 2.38. The summed E-state index contributed by atoms with van der Waals surface area (Å²) in [4.78, 5) is 33.5. The van der Waals surface area contributed by atoms with Crippen LogP contribution in [0.5, 0.6) is 0 Å². The molecule has 0 aliphatic heterocycles. The highest BCUT2D eigenvalue weighted by molar-refractivity contribution is 8.00. The lowest BCUT2D eigenvalue weighted by Crippen LogP contribution is -2.35. The van der Waals surface area contributed by atoms with Gasteiger partial charge in [0.2, 0.25) is 0 Å². The Kier molecular flexibility index (Phi) is 4.89. The van der Waals surface area contributed by atoms with Gasteiger partial charge >= 0.3 is 5.97 Å². The Morgan fingerprint density at radius 2 is 2.04 bits per heavy atom. The van der Waals surface area contributed by atoms with Crippen LogP contribution in [-0.4, -0.2) is 52.7 Å². The molecule has 7 nitrogen and oxygen atoms in total. The fraction of sp³-hybridized carbons (Fsp3) is 0.294. The number of fused-ring (bicyclic) bond motifs is 3. The molecule has 0 spiro atoms. The van der Waals surface area contributed by atoms with Gasteiger partial charge in [-0.05, 0) is 19.1 Å². The van der Waals surface area contributed by atoms with Crippen molar-refractivity contribution >= 4 is 45.7 Å². The summed E-state index contributed by atoms with van der Waals surface area (Å²) in [7, 11) is 3.22. The van der Waals surface area contributed by atoms with Crippen LogP contribution >= 0.6 is 11.8 Å². The maximum atomic E-state index is 12.0. The minimum atomic E-state index is -0.820. The number of esters is 1. The molecule has 3 rings (SSSR count). The second kappa shape index (κ2) is 7.10. The van der Waals surface area contributed by atoms with Crippen molar-refractivity contribution in [3.63, 3.8) is 0 Å². The van der Waals surface area contributed by atoms with E-state index in [0.717, 1.165) is 5.39 Å². The quantitative estimate of drug-likeness (QED) is 0.393. The Morgan fingerprint density at radius 3 is 2.80 bits per heavy atom. The number of thioether (sulfide) groups is 1.